The Morgan fingerprint density at radius 3 is 2.80 bits per heavy atom. The Balaban J connectivity index is 1.95. The molecule has 1 heterocycles. The van der Waals surface area contributed by atoms with Crippen molar-refractivity contribution in [2.45, 2.75) is 38.8 Å². The molecule has 0 bridgehead atoms. The standard InChI is InChI=1S/C15H20N2O3/c1-4-10(2)16-15(18)14-9-13(17-20-14)11-5-7-12(19-3)8-6-11/h5-8,10,14H,4,9H2,1-3H3,(H,16,18)/t10-,14+/m1/s1. The fourth-order valence-corrected chi connectivity index (χ4v) is 1.91. The van der Waals surface area contributed by atoms with Crippen molar-refractivity contribution in [2.24, 2.45) is 5.16 Å². The molecule has 0 saturated carbocycles. The molecule has 108 valence electrons. The summed E-state index contributed by atoms with van der Waals surface area (Å²) in [6, 6.07) is 7.71. The van der Waals surface area contributed by atoms with Crippen LogP contribution >= 0.6 is 0 Å². The van der Waals surface area contributed by atoms with Crippen LogP contribution in [0.4, 0.5) is 0 Å². The zero-order valence-corrected chi connectivity index (χ0v) is 12.1. The Morgan fingerprint density at radius 1 is 1.50 bits per heavy atom. The molecule has 1 aliphatic heterocycles. The number of hydrogen-bond acceptors (Lipinski definition) is 4. The molecule has 0 aliphatic carbocycles. The summed E-state index contributed by atoms with van der Waals surface area (Å²) in [7, 11) is 1.63. The van der Waals surface area contributed by atoms with Gasteiger partial charge in [0.15, 0.2) is 0 Å². The van der Waals surface area contributed by atoms with Crippen molar-refractivity contribution in [1.29, 1.82) is 0 Å². The number of hydrogen-bond donors (Lipinski definition) is 1. The van der Waals surface area contributed by atoms with Crippen LogP contribution in [0.15, 0.2) is 29.4 Å². The van der Waals surface area contributed by atoms with Gasteiger partial charge in [-0.1, -0.05) is 12.1 Å². The minimum Gasteiger partial charge on any atom is -0.497 e. The van der Waals surface area contributed by atoms with Crippen molar-refractivity contribution in [3.63, 3.8) is 0 Å². The number of benzene rings is 1. The van der Waals surface area contributed by atoms with Gasteiger partial charge in [0.2, 0.25) is 6.10 Å². The predicted octanol–water partition coefficient (Wildman–Crippen LogP) is 2.10. The van der Waals surface area contributed by atoms with Crippen LogP contribution < -0.4 is 10.1 Å². The monoisotopic (exact) mass is 276 g/mol. The first kappa shape index (κ1) is 14.4. The highest BCUT2D eigenvalue weighted by Gasteiger charge is 2.29. The molecule has 1 aliphatic rings. The van der Waals surface area contributed by atoms with Crippen LogP contribution in [0, 0.1) is 0 Å². The third-order valence-corrected chi connectivity index (χ3v) is 3.39. The second-order valence-corrected chi connectivity index (χ2v) is 4.88. The van der Waals surface area contributed by atoms with Crippen molar-refractivity contribution >= 4 is 11.6 Å². The average Bonchev–Trinajstić information content (AvgIpc) is 2.97. The lowest BCUT2D eigenvalue weighted by molar-refractivity contribution is -0.131. The van der Waals surface area contributed by atoms with Gasteiger partial charge in [0, 0.05) is 12.5 Å². The Kier molecular flexibility index (Phi) is 4.61. The first-order chi connectivity index (χ1) is 9.63. The normalized spacial score (nSPS) is 18.9. The summed E-state index contributed by atoms with van der Waals surface area (Å²) in [6.45, 7) is 4.00. The third-order valence-electron chi connectivity index (χ3n) is 3.39. The number of methoxy groups -OCH3 is 1. The van der Waals surface area contributed by atoms with Crippen molar-refractivity contribution in [3.05, 3.63) is 29.8 Å². The highest BCUT2D eigenvalue weighted by atomic mass is 16.6. The van der Waals surface area contributed by atoms with E-state index in [-0.39, 0.29) is 11.9 Å². The van der Waals surface area contributed by atoms with Gasteiger partial charge >= 0.3 is 0 Å². The number of rotatable bonds is 5. The fraction of sp³-hybridized carbons (Fsp3) is 0.467. The van der Waals surface area contributed by atoms with Gasteiger partial charge in [0.05, 0.1) is 12.8 Å². The molecule has 0 saturated heterocycles. The van der Waals surface area contributed by atoms with Gasteiger partial charge in [-0.3, -0.25) is 4.79 Å². The van der Waals surface area contributed by atoms with Crippen LogP contribution in [-0.4, -0.2) is 30.9 Å². The first-order valence-electron chi connectivity index (χ1n) is 6.81. The molecule has 20 heavy (non-hydrogen) atoms. The molecule has 2 rings (SSSR count). The van der Waals surface area contributed by atoms with Crippen LogP contribution in [0.25, 0.3) is 0 Å². The van der Waals surface area contributed by atoms with Gasteiger partial charge in [-0.25, -0.2) is 0 Å². The van der Waals surface area contributed by atoms with E-state index < -0.39 is 6.10 Å². The summed E-state index contributed by atoms with van der Waals surface area (Å²) in [5.74, 6) is 0.686. The van der Waals surface area contributed by atoms with Gasteiger partial charge in [-0.2, -0.15) is 0 Å². The molecule has 0 unspecified atom stereocenters. The Morgan fingerprint density at radius 2 is 2.20 bits per heavy atom. The summed E-state index contributed by atoms with van der Waals surface area (Å²) in [5.41, 5.74) is 1.74. The number of amides is 1. The number of ether oxygens (including phenoxy) is 1. The van der Waals surface area contributed by atoms with Crippen LogP contribution in [-0.2, 0) is 9.63 Å². The van der Waals surface area contributed by atoms with E-state index in [0.29, 0.717) is 6.42 Å². The molecule has 1 amide bonds. The second kappa shape index (κ2) is 6.41. The van der Waals surface area contributed by atoms with E-state index >= 15 is 0 Å². The van der Waals surface area contributed by atoms with Crippen molar-refractivity contribution < 1.29 is 14.4 Å². The highest BCUT2D eigenvalue weighted by Crippen LogP contribution is 2.19. The summed E-state index contributed by atoms with van der Waals surface area (Å²) in [5, 5.41) is 6.92. The van der Waals surface area contributed by atoms with Gasteiger partial charge in [0.25, 0.3) is 5.91 Å². The minimum atomic E-state index is -0.527. The van der Waals surface area contributed by atoms with E-state index in [4.69, 9.17) is 9.57 Å². The lowest BCUT2D eigenvalue weighted by Crippen LogP contribution is -2.39. The Labute approximate surface area is 118 Å². The molecule has 1 N–H and O–H groups in total. The fourth-order valence-electron chi connectivity index (χ4n) is 1.91. The smallest absolute Gasteiger partial charge is 0.264 e. The quantitative estimate of drug-likeness (QED) is 0.896. The summed E-state index contributed by atoms with van der Waals surface area (Å²) < 4.78 is 5.11. The number of carbonyl (C=O) groups is 1. The van der Waals surface area contributed by atoms with Crippen LogP contribution in [0.2, 0.25) is 0 Å². The summed E-state index contributed by atoms with van der Waals surface area (Å²) in [6.07, 6.45) is 0.861. The van der Waals surface area contributed by atoms with Crippen molar-refractivity contribution in [1.82, 2.24) is 5.32 Å². The number of nitrogens with zero attached hydrogens (tertiary/aromatic N) is 1. The number of nitrogens with one attached hydrogen (secondary N) is 1. The van der Waals surface area contributed by atoms with Gasteiger partial charge < -0.3 is 14.9 Å². The Hall–Kier alpha value is -2.04. The molecule has 0 radical (unpaired) electrons. The molecular weight excluding hydrogens is 256 g/mol. The van der Waals surface area contributed by atoms with Crippen LogP contribution in [0.1, 0.15) is 32.3 Å². The van der Waals surface area contributed by atoms with Crippen molar-refractivity contribution in [3.8, 4) is 5.75 Å². The van der Waals surface area contributed by atoms with E-state index in [2.05, 4.69) is 10.5 Å². The molecule has 1 aromatic rings. The Bertz CT molecular complexity index is 496. The summed E-state index contributed by atoms with van der Waals surface area (Å²) in [4.78, 5) is 17.2. The first-order valence-corrected chi connectivity index (χ1v) is 6.81. The largest absolute Gasteiger partial charge is 0.497 e. The van der Waals surface area contributed by atoms with Crippen LogP contribution in [0.5, 0.6) is 5.75 Å². The lowest BCUT2D eigenvalue weighted by atomic mass is 10.0. The molecule has 0 aromatic heterocycles. The van der Waals surface area contributed by atoms with E-state index in [1.807, 2.05) is 38.1 Å². The predicted molar refractivity (Wildman–Crippen MR) is 76.9 cm³/mol. The molecule has 0 fully saturated rings. The van der Waals surface area contributed by atoms with E-state index in [1.165, 1.54) is 0 Å². The topological polar surface area (TPSA) is 59.9 Å². The van der Waals surface area contributed by atoms with Gasteiger partial charge in [-0.15, -0.1) is 0 Å². The summed E-state index contributed by atoms with van der Waals surface area (Å²) >= 11 is 0. The van der Waals surface area contributed by atoms with Crippen molar-refractivity contribution in [2.75, 3.05) is 7.11 Å². The molecule has 2 atom stereocenters. The SMILES string of the molecule is CC[C@@H](C)NC(=O)[C@@H]1CC(c2ccc(OC)cc2)=NO1. The third kappa shape index (κ3) is 3.29. The minimum absolute atomic E-state index is 0.105. The maximum atomic E-state index is 12.0. The van der Waals surface area contributed by atoms with Gasteiger partial charge in [0.1, 0.15) is 5.75 Å². The molecular formula is C15H20N2O3. The zero-order valence-electron chi connectivity index (χ0n) is 12.1. The molecule has 0 spiro atoms. The lowest BCUT2D eigenvalue weighted by Gasteiger charge is -2.14. The van der Waals surface area contributed by atoms with E-state index in [1.54, 1.807) is 7.11 Å². The second-order valence-electron chi connectivity index (χ2n) is 4.88. The molecule has 1 aromatic carbocycles. The van der Waals surface area contributed by atoms with E-state index in [9.17, 15) is 4.79 Å². The molecule has 5 nitrogen and oxygen atoms in total. The van der Waals surface area contributed by atoms with Gasteiger partial charge in [-0.05, 0) is 43.2 Å². The average molecular weight is 276 g/mol. The zero-order chi connectivity index (χ0) is 14.5. The van der Waals surface area contributed by atoms with E-state index in [0.717, 1.165) is 23.4 Å². The number of oxime groups is 1. The number of carbonyl (C=O) groups excluding carboxylic acids is 1. The maximum Gasteiger partial charge on any atom is 0.264 e. The van der Waals surface area contributed by atoms with Crippen LogP contribution in [0.3, 0.4) is 0 Å². The maximum absolute atomic E-state index is 12.0. The highest BCUT2D eigenvalue weighted by molar-refractivity contribution is 6.04. The molecule has 5 heteroatoms.